The molecule has 0 spiro atoms. The normalized spacial score (nSPS) is 9.11. The van der Waals surface area contributed by atoms with Gasteiger partial charge in [-0.15, -0.1) is 0 Å². The number of fused-ring (bicyclic) bond motifs is 2. The first kappa shape index (κ1) is 144. The second-order valence-corrected chi connectivity index (χ2v) is 161. The zero-order chi connectivity index (χ0) is 98.9. The first-order valence-electron chi connectivity index (χ1n) is 30.9. The van der Waals surface area contributed by atoms with E-state index in [0.29, 0.717) is 61.5 Å². The molecule has 8 rings (SSSR count). The number of carbonyl (C=O) groups excluding carboxylic acids is 1. The van der Waals surface area contributed by atoms with Crippen molar-refractivity contribution in [3.63, 3.8) is 0 Å². The lowest BCUT2D eigenvalue weighted by atomic mass is 10.2. The highest BCUT2D eigenvalue weighted by atomic mass is 127. The lowest BCUT2D eigenvalue weighted by Gasteiger charge is -2.11. The average molecular weight is 3670 g/mol. The van der Waals surface area contributed by atoms with E-state index in [1.165, 1.54) is 24.9 Å². The van der Waals surface area contributed by atoms with Crippen LogP contribution < -0.4 is 9.47 Å². The van der Waals surface area contributed by atoms with E-state index in [1.54, 1.807) is 166 Å². The van der Waals surface area contributed by atoms with Crippen LogP contribution in [0.5, 0.6) is 23.0 Å². The Balaban J connectivity index is 0.000000457. The van der Waals surface area contributed by atoms with Crippen LogP contribution in [-0.4, -0.2) is 33.3 Å². The summed E-state index contributed by atoms with van der Waals surface area (Å²) >= 11 is 38.6. The maximum atomic E-state index is 12.8. The summed E-state index contributed by atoms with van der Waals surface area (Å²) in [6.07, 6.45) is 0. The topological polar surface area (TPSA) is 91.9 Å². The summed E-state index contributed by atoms with van der Waals surface area (Å²) in [5.74, 6) is 0.285. The summed E-state index contributed by atoms with van der Waals surface area (Å²) in [4.78, 5) is 25.0. The molecule has 0 fully saturated rings. The molecule has 0 saturated heterocycles. The van der Waals surface area contributed by atoms with Crippen LogP contribution in [0.3, 0.4) is 0 Å². The molecule has 0 radical (unpaired) electrons. The standard InChI is InChI=1S/C23H16Cl2INO3.C22H14Cl2INO3.CH4.S80/c1-29-23(28)21-22(30-18-9-7-17(26)8-10-18)19-12-16(25)6-11-20(19)27(21)13-14-2-4-15(24)5-3-14;23-14-3-1-13(2-4-14)12-26-19-10-5-15(24)11-18(19)21(20(26)22(27)28)29-17-8-6-16(25)7-9-17;;1-3-5-7-9-11-13-15-17-19-21-23-25-27-29-31-33-35-37-39-41-43-45-47-49-51-53-55-57-59-61-63-65-67-69-71-73-75-77-79-80-78-76-74-72-70-68-66-64-62-60-58-56-54-52-50-48-46-44-42-40-38-36-34-32-30-28-26-24-22-20-18-16-14-12-10-8-6-4-2/h2-12H,13H2,1H3;1-11H,12H2,(H,27,28);1H4;. The van der Waals surface area contributed by atoms with Gasteiger partial charge in [0.2, 0.25) is 0 Å². The third-order valence-electron chi connectivity index (χ3n) is 11.3. The molecule has 94 heteroatoms. The van der Waals surface area contributed by atoms with E-state index in [2.05, 4.69) is 45.2 Å². The number of carboxylic acids is 1. The van der Waals surface area contributed by atoms with Crippen LogP contribution in [0, 0.1) is 7.14 Å². The van der Waals surface area contributed by atoms with E-state index in [-0.39, 0.29) is 18.9 Å². The molecule has 8 aromatic rings. The molecule has 1 N–H and O–H groups in total. The predicted molar refractivity (Wildman–Crippen MR) is 848 cm³/mol. The molecule has 140 heavy (non-hydrogen) atoms. The molecule has 786 valence electrons. The van der Waals surface area contributed by atoms with Gasteiger partial charge in [-0.1, -0.05) is 78.1 Å². The van der Waals surface area contributed by atoms with E-state index >= 15 is 0 Å². The smallest absolute Gasteiger partial charge is 0.358 e. The summed E-state index contributed by atoms with van der Waals surface area (Å²) < 4.78 is 23.1. The molecule has 0 aliphatic rings. The Morgan fingerprint density at radius 2 is 0.450 bits per heavy atom. The van der Waals surface area contributed by atoms with Gasteiger partial charge in [0.1, 0.15) is 11.5 Å². The van der Waals surface area contributed by atoms with Gasteiger partial charge in [0.15, 0.2) is 22.9 Å². The number of hydrogen-bond donors (Lipinski definition) is 1. The molecule has 0 saturated carbocycles. The summed E-state index contributed by atoms with van der Waals surface area (Å²) in [6, 6.07) is 40.5. The Morgan fingerprint density at radius 1 is 0.271 bits per heavy atom. The van der Waals surface area contributed by atoms with E-state index in [1.807, 2.05) is 652 Å². The third-order valence-corrected chi connectivity index (χ3v) is 185. The Morgan fingerprint density at radius 3 is 0.636 bits per heavy atom. The minimum absolute atomic E-state index is 0. The molecule has 0 unspecified atom stereocenters. The number of aromatic carboxylic acids is 1. The average Bonchev–Trinajstić information content (AvgIpc) is 1.61. The second kappa shape index (κ2) is 103. The van der Waals surface area contributed by atoms with Crippen molar-refractivity contribution in [2.75, 3.05) is 7.11 Å². The highest BCUT2D eigenvalue weighted by Gasteiger charge is 2.27. The van der Waals surface area contributed by atoms with E-state index in [0.717, 1.165) is 34.7 Å². The molecule has 0 bridgehead atoms. The van der Waals surface area contributed by atoms with Crippen LogP contribution in [0.15, 0.2) is 133 Å². The quantitative estimate of drug-likeness (QED) is 0.107. The van der Waals surface area contributed by atoms with Crippen molar-refractivity contribution in [2.24, 2.45) is 0 Å². The van der Waals surface area contributed by atoms with Crippen molar-refractivity contribution in [1.29, 1.82) is 0 Å². The van der Waals surface area contributed by atoms with Crippen molar-refractivity contribution in [3.05, 3.63) is 183 Å². The molecule has 6 aromatic carbocycles. The maximum Gasteiger partial charge on any atom is 0.358 e. The van der Waals surface area contributed by atoms with E-state index in [9.17, 15) is 14.7 Å². The fourth-order valence-electron chi connectivity index (χ4n) is 7.29. The Labute approximate surface area is 1080 Å². The molecular weight excluding hydrogens is 3640 g/mol. The van der Waals surface area contributed by atoms with Crippen LogP contribution in [0.1, 0.15) is 39.5 Å². The SMILES string of the molecule is C.COC(=O)c1c(Oc2ccc(I)cc2)c2cc(Cl)ccc2n1Cc1ccc(Cl)cc1.O=C(O)c1c(Oc2ccc(I)cc2)c2cc(Cl)ccc2n1Cc1ccc(Cl)cc1.S=S=S=S=S=S=S=S=S=S=S=S=S=S=S=S=S=S=S=S=S=S=S=S=S=S=S=S=S=S=S=S=S=S=S=S=S=S=S=S=S=S=S=S=S=S=S=S=S=S=S=S=S=S=S=S=S=S=S=S=S=S=S=S=S=S=S=S=S=S=S=S=S=S=S=S=S=S=S=S. The fourth-order valence-corrected chi connectivity index (χ4v) is 217. The van der Waals surface area contributed by atoms with Gasteiger partial charge in [-0.2, -0.15) is 0 Å². The van der Waals surface area contributed by atoms with E-state index < -0.39 is 11.9 Å². The Kier molecular flexibility index (Phi) is 105. The first-order valence-corrected chi connectivity index (χ1v) is 140. The van der Waals surface area contributed by atoms with Crippen LogP contribution in [-0.2, 0) is 733 Å². The number of nitrogens with zero attached hydrogens (tertiary/aromatic N) is 2. The van der Waals surface area contributed by atoms with Gasteiger partial charge >= 0.3 is 11.9 Å². The van der Waals surface area contributed by atoms with Crippen molar-refractivity contribution in [2.45, 2.75) is 20.5 Å². The molecule has 0 aliphatic heterocycles. The molecule has 0 aliphatic carbocycles. The number of aromatic nitrogens is 2. The minimum atomic E-state index is -1.08. The van der Waals surface area contributed by atoms with Gasteiger partial charge in [-0.25, -0.2) is 9.59 Å². The van der Waals surface area contributed by atoms with Gasteiger partial charge in [-0.3, -0.25) is 0 Å². The first-order chi connectivity index (χ1) is 68.3. The van der Waals surface area contributed by atoms with Crippen LogP contribution in [0.2, 0.25) is 20.1 Å². The number of hydrogen-bond acceptors (Lipinski definition) is 7. The highest BCUT2D eigenvalue weighted by Crippen LogP contribution is 2.41. The number of rotatable bonds is 10. The summed E-state index contributed by atoms with van der Waals surface area (Å²) in [5, 5.41) is 13.7. The number of esters is 1. The van der Waals surface area contributed by atoms with Gasteiger partial charge in [0.05, 0.1) is 18.1 Å². The molecule has 0 amide bonds. The maximum absolute atomic E-state index is 12.8. The van der Waals surface area contributed by atoms with Gasteiger partial charge < -0.3 is 28.5 Å². The van der Waals surface area contributed by atoms with Crippen LogP contribution >= 0.6 is 91.6 Å². The molecule has 2 heterocycles. The number of methoxy groups -OCH3 is 1. The lowest BCUT2D eigenvalue weighted by Crippen LogP contribution is -2.12. The number of benzene rings is 6. The van der Waals surface area contributed by atoms with Gasteiger partial charge in [0.25, 0.3) is 0 Å². The summed E-state index contributed by atoms with van der Waals surface area (Å²) in [6.45, 7) is 0.794. The zero-order valence-electron chi connectivity index (χ0n) is 63.4. The summed E-state index contributed by atoms with van der Waals surface area (Å²) in [5.41, 5.74) is 3.83. The second-order valence-electron chi connectivity index (χ2n) is 18.3. The Bertz CT molecular complexity index is 9740. The fraction of sp³-hybridized carbons (Fsp3) is 0.0870. The highest BCUT2D eigenvalue weighted by molar-refractivity contribution is 14.1. The third kappa shape index (κ3) is 74.3. The number of ether oxygens (including phenoxy) is 3. The van der Waals surface area contributed by atoms with Crippen LogP contribution in [0.25, 0.3) is 21.8 Å². The number of carbonyl (C=O) groups is 2. The van der Waals surface area contributed by atoms with Crippen molar-refractivity contribution >= 4 is 840 Å². The van der Waals surface area contributed by atoms with Crippen molar-refractivity contribution in [3.8, 4) is 23.0 Å². The molecular formula is C46H34Cl4I2N2O6S80. The van der Waals surface area contributed by atoms with Crippen molar-refractivity contribution in [1.82, 2.24) is 9.13 Å². The minimum Gasteiger partial charge on any atom is -0.476 e. The molecule has 2 aromatic heterocycles. The number of halogens is 6. The lowest BCUT2D eigenvalue weighted by molar-refractivity contribution is 0.0585. The largest absolute Gasteiger partial charge is 0.476 e. The van der Waals surface area contributed by atoms with Gasteiger partial charge in [0, 0.05) is 766 Å². The zero-order valence-corrected chi connectivity index (χ0v) is 136. The number of carboxylic acid groups (broad SMARTS) is 1. The van der Waals surface area contributed by atoms with Crippen molar-refractivity contribution < 1.29 is 28.9 Å². The summed E-state index contributed by atoms with van der Waals surface area (Å²) in [7, 11) is 142. The van der Waals surface area contributed by atoms with Gasteiger partial charge in [-0.05, 0) is 166 Å². The Hall–Kier alpha value is 13.2. The molecule has 8 nitrogen and oxygen atoms in total. The predicted octanol–water partition coefficient (Wildman–Crippen LogP) is 14.7. The molecule has 0 atom stereocenters. The van der Waals surface area contributed by atoms with E-state index in [4.69, 9.17) is 83.0 Å². The monoisotopic (exact) mass is 3660 g/mol. The van der Waals surface area contributed by atoms with Crippen LogP contribution in [0.4, 0.5) is 0 Å².